The summed E-state index contributed by atoms with van der Waals surface area (Å²) in [7, 11) is 1.82. The highest BCUT2D eigenvalue weighted by atomic mass is 16.5. The number of aryl methyl sites for hydroxylation is 2. The van der Waals surface area contributed by atoms with Crippen LogP contribution in [-0.2, 0) is 4.79 Å². The molecule has 0 saturated carbocycles. The largest absolute Gasteiger partial charge is 0.484 e. The number of carbonyl (C=O) groups is 1. The Kier molecular flexibility index (Phi) is 5.69. The zero-order valence-corrected chi connectivity index (χ0v) is 11.8. The monoisotopic (exact) mass is 249 g/mol. The van der Waals surface area contributed by atoms with Crippen molar-refractivity contribution in [1.29, 1.82) is 0 Å². The van der Waals surface area contributed by atoms with Gasteiger partial charge in [0.05, 0.1) is 0 Å². The third-order valence-electron chi connectivity index (χ3n) is 2.83. The first-order valence-corrected chi connectivity index (χ1v) is 6.48. The first-order valence-electron chi connectivity index (χ1n) is 6.48. The van der Waals surface area contributed by atoms with Crippen molar-refractivity contribution in [3.05, 3.63) is 29.3 Å². The summed E-state index contributed by atoms with van der Waals surface area (Å²) in [5.74, 6) is 0.798. The van der Waals surface area contributed by atoms with Gasteiger partial charge >= 0.3 is 0 Å². The average molecular weight is 249 g/mol. The van der Waals surface area contributed by atoms with Gasteiger partial charge < -0.3 is 9.64 Å². The van der Waals surface area contributed by atoms with Crippen LogP contribution in [-0.4, -0.2) is 31.0 Å². The summed E-state index contributed by atoms with van der Waals surface area (Å²) in [5.41, 5.74) is 2.30. The lowest BCUT2D eigenvalue weighted by Crippen LogP contribution is -2.32. The summed E-state index contributed by atoms with van der Waals surface area (Å²) in [6.45, 7) is 7.07. The van der Waals surface area contributed by atoms with Crippen LogP contribution < -0.4 is 4.74 Å². The van der Waals surface area contributed by atoms with Crippen molar-refractivity contribution in [3.63, 3.8) is 0 Å². The minimum Gasteiger partial charge on any atom is -0.484 e. The molecule has 1 amide bonds. The number of nitrogens with zero attached hydrogens (tertiary/aromatic N) is 1. The van der Waals surface area contributed by atoms with Gasteiger partial charge in [0.1, 0.15) is 5.75 Å². The Morgan fingerprint density at radius 2 is 1.83 bits per heavy atom. The standard InChI is InChI=1S/C15H23NO2/c1-5-6-7-16(4)15(17)11-18-14-9-12(2)8-13(3)10-14/h8-10H,5-7,11H2,1-4H3. The van der Waals surface area contributed by atoms with E-state index in [1.165, 1.54) is 0 Å². The molecule has 0 unspecified atom stereocenters. The number of rotatable bonds is 6. The van der Waals surface area contributed by atoms with E-state index in [0.717, 1.165) is 36.3 Å². The highest BCUT2D eigenvalue weighted by Crippen LogP contribution is 2.16. The van der Waals surface area contributed by atoms with Crippen LogP contribution in [0.4, 0.5) is 0 Å². The zero-order chi connectivity index (χ0) is 13.5. The van der Waals surface area contributed by atoms with Crippen molar-refractivity contribution in [1.82, 2.24) is 4.90 Å². The number of ether oxygens (including phenoxy) is 1. The summed E-state index contributed by atoms with van der Waals surface area (Å²) < 4.78 is 5.54. The van der Waals surface area contributed by atoms with Gasteiger partial charge in [0.15, 0.2) is 6.61 Å². The second-order valence-corrected chi connectivity index (χ2v) is 4.78. The smallest absolute Gasteiger partial charge is 0.260 e. The van der Waals surface area contributed by atoms with E-state index in [-0.39, 0.29) is 12.5 Å². The van der Waals surface area contributed by atoms with Crippen LogP contribution in [0.1, 0.15) is 30.9 Å². The van der Waals surface area contributed by atoms with E-state index in [2.05, 4.69) is 13.0 Å². The highest BCUT2D eigenvalue weighted by Gasteiger charge is 2.09. The molecule has 0 aliphatic heterocycles. The Bertz CT molecular complexity index is 381. The molecule has 0 spiro atoms. The SMILES string of the molecule is CCCCN(C)C(=O)COc1cc(C)cc(C)c1. The molecule has 0 atom stereocenters. The molecule has 0 aliphatic rings. The first kappa shape index (κ1) is 14.6. The maximum Gasteiger partial charge on any atom is 0.260 e. The normalized spacial score (nSPS) is 10.2. The van der Waals surface area contributed by atoms with E-state index in [0.29, 0.717) is 0 Å². The molecule has 1 aromatic carbocycles. The third-order valence-corrected chi connectivity index (χ3v) is 2.83. The Hall–Kier alpha value is -1.51. The minimum atomic E-state index is 0.0302. The van der Waals surface area contributed by atoms with Crippen LogP contribution in [0, 0.1) is 13.8 Å². The minimum absolute atomic E-state index is 0.0302. The Morgan fingerprint density at radius 1 is 1.22 bits per heavy atom. The number of unbranched alkanes of at least 4 members (excludes halogenated alkanes) is 1. The maximum atomic E-state index is 11.8. The molecule has 0 radical (unpaired) electrons. The maximum absolute atomic E-state index is 11.8. The van der Waals surface area contributed by atoms with E-state index in [1.807, 2.05) is 33.0 Å². The summed E-state index contributed by atoms with van der Waals surface area (Å²) in [6.07, 6.45) is 2.13. The van der Waals surface area contributed by atoms with Gasteiger partial charge in [-0.05, 0) is 43.5 Å². The number of hydrogen-bond donors (Lipinski definition) is 0. The quantitative estimate of drug-likeness (QED) is 0.775. The van der Waals surface area contributed by atoms with E-state index < -0.39 is 0 Å². The molecule has 3 heteroatoms. The molecule has 0 fully saturated rings. The molecular formula is C15H23NO2. The molecule has 0 heterocycles. The molecule has 1 aromatic rings. The fourth-order valence-corrected chi connectivity index (χ4v) is 1.79. The summed E-state index contributed by atoms with van der Waals surface area (Å²) in [6, 6.07) is 5.99. The number of carbonyl (C=O) groups excluding carboxylic acids is 1. The number of likely N-dealkylation sites (N-methyl/N-ethyl adjacent to an activating group) is 1. The van der Waals surface area contributed by atoms with E-state index in [9.17, 15) is 4.79 Å². The molecule has 0 bridgehead atoms. The molecule has 100 valence electrons. The summed E-state index contributed by atoms with van der Waals surface area (Å²) >= 11 is 0. The lowest BCUT2D eigenvalue weighted by Gasteiger charge is -2.17. The van der Waals surface area contributed by atoms with Crippen LogP contribution in [0.2, 0.25) is 0 Å². The second kappa shape index (κ2) is 7.04. The molecule has 0 N–H and O–H groups in total. The van der Waals surface area contributed by atoms with Crippen LogP contribution >= 0.6 is 0 Å². The highest BCUT2D eigenvalue weighted by molar-refractivity contribution is 5.77. The van der Waals surface area contributed by atoms with E-state index >= 15 is 0 Å². The van der Waals surface area contributed by atoms with Gasteiger partial charge in [-0.1, -0.05) is 19.4 Å². The van der Waals surface area contributed by atoms with Gasteiger partial charge in [-0.15, -0.1) is 0 Å². The van der Waals surface area contributed by atoms with E-state index in [4.69, 9.17) is 4.74 Å². The van der Waals surface area contributed by atoms with Crippen LogP contribution in [0.25, 0.3) is 0 Å². The number of hydrogen-bond acceptors (Lipinski definition) is 2. The fraction of sp³-hybridized carbons (Fsp3) is 0.533. The summed E-state index contributed by atoms with van der Waals surface area (Å²) in [4.78, 5) is 13.5. The predicted octanol–water partition coefficient (Wildman–Crippen LogP) is 2.94. The van der Waals surface area contributed by atoms with Crippen LogP contribution in [0.3, 0.4) is 0 Å². The summed E-state index contributed by atoms with van der Waals surface area (Å²) in [5, 5.41) is 0. The van der Waals surface area contributed by atoms with Crippen LogP contribution in [0.15, 0.2) is 18.2 Å². The van der Waals surface area contributed by atoms with Crippen LogP contribution in [0.5, 0.6) is 5.75 Å². The molecule has 18 heavy (non-hydrogen) atoms. The lowest BCUT2D eigenvalue weighted by atomic mass is 10.1. The Morgan fingerprint density at radius 3 is 2.39 bits per heavy atom. The average Bonchev–Trinajstić information content (AvgIpc) is 2.31. The molecule has 0 aromatic heterocycles. The first-order chi connectivity index (χ1) is 8.52. The van der Waals surface area contributed by atoms with Crippen molar-refractivity contribution >= 4 is 5.91 Å². The molecular weight excluding hydrogens is 226 g/mol. The van der Waals surface area contributed by atoms with Gasteiger partial charge in [-0.25, -0.2) is 0 Å². The van der Waals surface area contributed by atoms with Crippen molar-refractivity contribution in [3.8, 4) is 5.75 Å². The molecule has 0 saturated heterocycles. The molecule has 1 rings (SSSR count). The Balaban J connectivity index is 2.46. The zero-order valence-electron chi connectivity index (χ0n) is 11.8. The predicted molar refractivity (Wildman–Crippen MR) is 74.0 cm³/mol. The van der Waals surface area contributed by atoms with Gasteiger partial charge in [-0.3, -0.25) is 4.79 Å². The van der Waals surface area contributed by atoms with Crippen molar-refractivity contribution in [2.75, 3.05) is 20.2 Å². The van der Waals surface area contributed by atoms with Gasteiger partial charge in [0.2, 0.25) is 0 Å². The molecule has 3 nitrogen and oxygen atoms in total. The van der Waals surface area contributed by atoms with Crippen molar-refractivity contribution in [2.45, 2.75) is 33.6 Å². The van der Waals surface area contributed by atoms with Crippen molar-refractivity contribution in [2.24, 2.45) is 0 Å². The van der Waals surface area contributed by atoms with E-state index in [1.54, 1.807) is 4.90 Å². The topological polar surface area (TPSA) is 29.5 Å². The van der Waals surface area contributed by atoms with Crippen molar-refractivity contribution < 1.29 is 9.53 Å². The molecule has 0 aliphatic carbocycles. The van der Waals surface area contributed by atoms with Gasteiger partial charge in [0, 0.05) is 13.6 Å². The Labute approximate surface area is 110 Å². The third kappa shape index (κ3) is 4.78. The number of amides is 1. The lowest BCUT2D eigenvalue weighted by molar-refractivity contribution is -0.132. The number of benzene rings is 1. The second-order valence-electron chi connectivity index (χ2n) is 4.78. The van der Waals surface area contributed by atoms with Gasteiger partial charge in [0.25, 0.3) is 5.91 Å². The van der Waals surface area contributed by atoms with Gasteiger partial charge in [-0.2, -0.15) is 0 Å². The fourth-order valence-electron chi connectivity index (χ4n) is 1.79.